The van der Waals surface area contributed by atoms with Gasteiger partial charge in [-0.05, 0) is 0 Å². The third-order valence-electron chi connectivity index (χ3n) is 1.44. The van der Waals surface area contributed by atoms with Crippen molar-refractivity contribution in [2.45, 2.75) is 12.8 Å². The van der Waals surface area contributed by atoms with Crippen LogP contribution in [0, 0.1) is 0 Å². The summed E-state index contributed by atoms with van der Waals surface area (Å²) in [4.78, 5) is 10.8. The summed E-state index contributed by atoms with van der Waals surface area (Å²) in [6, 6.07) is 0. The topological polar surface area (TPSA) is 93.9 Å². The summed E-state index contributed by atoms with van der Waals surface area (Å²) in [5, 5.41) is 9.83. The lowest BCUT2D eigenvalue weighted by atomic mass is 10.3. The van der Waals surface area contributed by atoms with Crippen molar-refractivity contribution in [1.29, 1.82) is 0 Å². The first kappa shape index (κ1) is 9.66. The number of H-pyrrole nitrogens is 1. The van der Waals surface area contributed by atoms with Gasteiger partial charge in [-0.25, -0.2) is 0 Å². The molecule has 1 heterocycles. The Kier molecular flexibility index (Phi) is 3.90. The van der Waals surface area contributed by atoms with Gasteiger partial charge >= 0.3 is 5.97 Å². The van der Waals surface area contributed by atoms with Crippen LogP contribution in [0.5, 0.6) is 0 Å². The molecule has 0 aliphatic heterocycles. The van der Waals surface area contributed by atoms with Crippen LogP contribution in [0.15, 0.2) is 6.20 Å². The summed E-state index contributed by atoms with van der Waals surface area (Å²) in [6.07, 6.45) is 2.50. The van der Waals surface area contributed by atoms with Crippen molar-refractivity contribution in [3.8, 4) is 0 Å². The Bertz CT molecular complexity index is 247. The average Bonchev–Trinajstić information content (AvgIpc) is 2.57. The highest BCUT2D eigenvalue weighted by Crippen LogP contribution is 1.92. The molecule has 13 heavy (non-hydrogen) atoms. The van der Waals surface area contributed by atoms with Gasteiger partial charge in [0.2, 0.25) is 0 Å². The number of ether oxygens (including phenoxy) is 1. The van der Waals surface area contributed by atoms with Crippen molar-refractivity contribution in [3.05, 3.63) is 11.9 Å². The molecule has 1 aromatic heterocycles. The smallest absolute Gasteiger partial charge is 0.307 e. The fourth-order valence-electron chi connectivity index (χ4n) is 0.807. The minimum Gasteiger partial charge on any atom is -0.465 e. The quantitative estimate of drug-likeness (QED) is 0.586. The molecule has 0 saturated heterocycles. The molecule has 0 aliphatic rings. The van der Waals surface area contributed by atoms with Gasteiger partial charge in [0.15, 0.2) is 0 Å². The maximum Gasteiger partial charge on any atom is 0.307 e. The lowest BCUT2D eigenvalue weighted by Crippen LogP contribution is -2.12. The maximum absolute atomic E-state index is 10.8. The maximum atomic E-state index is 10.8. The van der Waals surface area contributed by atoms with E-state index in [0.717, 1.165) is 5.69 Å². The molecular weight excluding hydrogens is 172 g/mol. The summed E-state index contributed by atoms with van der Waals surface area (Å²) in [7, 11) is 0. The summed E-state index contributed by atoms with van der Waals surface area (Å²) in [6.45, 7) is 0.647. The van der Waals surface area contributed by atoms with E-state index in [1.54, 1.807) is 6.20 Å². The molecule has 0 radical (unpaired) electrons. The molecule has 0 saturated carbocycles. The van der Waals surface area contributed by atoms with Crippen LogP contribution in [-0.4, -0.2) is 34.5 Å². The zero-order chi connectivity index (χ0) is 9.52. The number of aromatic amines is 1. The van der Waals surface area contributed by atoms with Gasteiger partial charge in [-0.3, -0.25) is 9.89 Å². The number of nitrogens with one attached hydrogen (secondary N) is 1. The minimum atomic E-state index is -0.272. The fraction of sp³-hybridized carbons (Fsp3) is 0.571. The normalized spacial score (nSPS) is 9.92. The summed E-state index contributed by atoms with van der Waals surface area (Å²) >= 11 is 0. The predicted octanol–water partition coefficient (Wildman–Crippen LogP) is -0.761. The van der Waals surface area contributed by atoms with Crippen LogP contribution in [0.3, 0.4) is 0 Å². The molecule has 0 spiro atoms. The molecule has 0 bridgehead atoms. The zero-order valence-corrected chi connectivity index (χ0v) is 7.19. The molecule has 6 heteroatoms. The number of carbonyl (C=O) groups is 1. The van der Waals surface area contributed by atoms with Crippen LogP contribution in [-0.2, 0) is 16.0 Å². The van der Waals surface area contributed by atoms with E-state index in [2.05, 4.69) is 15.4 Å². The third kappa shape index (κ3) is 3.66. The monoisotopic (exact) mass is 184 g/mol. The second kappa shape index (κ2) is 5.26. The van der Waals surface area contributed by atoms with E-state index in [1.165, 1.54) is 0 Å². The molecule has 0 aromatic carbocycles. The predicted molar refractivity (Wildman–Crippen MR) is 44.7 cm³/mol. The standard InChI is InChI=1S/C7H12N4O2/c8-3-1-7(12)13-4-2-6-5-9-11-10-6/h5H,1-4,8H2,(H,9,10,11). The molecule has 1 aromatic rings. The van der Waals surface area contributed by atoms with E-state index in [4.69, 9.17) is 10.5 Å². The number of carbonyl (C=O) groups excluding carboxylic acids is 1. The van der Waals surface area contributed by atoms with Crippen molar-refractivity contribution < 1.29 is 9.53 Å². The Morgan fingerprint density at radius 2 is 2.54 bits per heavy atom. The highest BCUT2D eigenvalue weighted by Gasteiger charge is 2.01. The first-order chi connectivity index (χ1) is 6.33. The van der Waals surface area contributed by atoms with Gasteiger partial charge in [-0.1, -0.05) is 5.21 Å². The Hall–Kier alpha value is -1.43. The van der Waals surface area contributed by atoms with Crippen LogP contribution >= 0.6 is 0 Å². The van der Waals surface area contributed by atoms with Gasteiger partial charge in [-0.2, -0.15) is 0 Å². The number of rotatable bonds is 5. The summed E-state index contributed by atoms with van der Waals surface area (Å²) in [5.74, 6) is -0.272. The number of nitrogens with two attached hydrogens (primary N) is 1. The summed E-state index contributed by atoms with van der Waals surface area (Å²) < 4.78 is 4.86. The van der Waals surface area contributed by atoms with E-state index in [0.29, 0.717) is 19.6 Å². The van der Waals surface area contributed by atoms with Gasteiger partial charge in [0.1, 0.15) is 0 Å². The van der Waals surface area contributed by atoms with Crippen molar-refractivity contribution in [3.63, 3.8) is 0 Å². The van der Waals surface area contributed by atoms with E-state index >= 15 is 0 Å². The van der Waals surface area contributed by atoms with Gasteiger partial charge in [0.25, 0.3) is 0 Å². The van der Waals surface area contributed by atoms with Gasteiger partial charge in [-0.15, -0.1) is 5.10 Å². The summed E-state index contributed by atoms with van der Waals surface area (Å²) in [5.41, 5.74) is 5.95. The second-order valence-electron chi connectivity index (χ2n) is 2.47. The molecular formula is C7H12N4O2. The number of nitrogens with zero attached hydrogens (tertiary/aromatic N) is 2. The van der Waals surface area contributed by atoms with Crippen LogP contribution in [0.25, 0.3) is 0 Å². The SMILES string of the molecule is NCCC(=O)OCCc1c[nH]nn1. The molecule has 1 rings (SSSR count). The van der Waals surface area contributed by atoms with Crippen LogP contribution in [0.2, 0.25) is 0 Å². The van der Waals surface area contributed by atoms with Crippen molar-refractivity contribution in [2.24, 2.45) is 5.73 Å². The van der Waals surface area contributed by atoms with Gasteiger partial charge < -0.3 is 10.5 Å². The Labute approximate surface area is 75.5 Å². The molecule has 0 fully saturated rings. The first-order valence-electron chi connectivity index (χ1n) is 4.04. The lowest BCUT2D eigenvalue weighted by Gasteiger charge is -2.00. The Balaban J connectivity index is 2.11. The van der Waals surface area contributed by atoms with Crippen molar-refractivity contribution in [1.82, 2.24) is 15.4 Å². The number of hydrogen-bond donors (Lipinski definition) is 2. The molecule has 3 N–H and O–H groups in total. The second-order valence-corrected chi connectivity index (χ2v) is 2.47. The number of esters is 1. The largest absolute Gasteiger partial charge is 0.465 e. The Morgan fingerprint density at radius 1 is 1.69 bits per heavy atom. The molecule has 0 unspecified atom stereocenters. The van der Waals surface area contributed by atoms with E-state index < -0.39 is 0 Å². The zero-order valence-electron chi connectivity index (χ0n) is 7.19. The van der Waals surface area contributed by atoms with Gasteiger partial charge in [0, 0.05) is 19.2 Å². The van der Waals surface area contributed by atoms with E-state index in [1.807, 2.05) is 0 Å². The first-order valence-corrected chi connectivity index (χ1v) is 4.04. The van der Waals surface area contributed by atoms with E-state index in [-0.39, 0.29) is 12.4 Å². The van der Waals surface area contributed by atoms with Crippen LogP contribution in [0.4, 0.5) is 0 Å². The third-order valence-corrected chi connectivity index (χ3v) is 1.44. The number of aromatic nitrogens is 3. The molecule has 0 aliphatic carbocycles. The van der Waals surface area contributed by atoms with E-state index in [9.17, 15) is 4.79 Å². The number of hydrogen-bond acceptors (Lipinski definition) is 5. The lowest BCUT2D eigenvalue weighted by molar-refractivity contribution is -0.143. The van der Waals surface area contributed by atoms with Crippen molar-refractivity contribution in [2.75, 3.05) is 13.2 Å². The van der Waals surface area contributed by atoms with Crippen LogP contribution < -0.4 is 5.73 Å². The fourth-order valence-corrected chi connectivity index (χ4v) is 0.807. The average molecular weight is 184 g/mol. The highest BCUT2D eigenvalue weighted by atomic mass is 16.5. The molecule has 0 atom stereocenters. The Morgan fingerprint density at radius 3 is 3.15 bits per heavy atom. The molecule has 0 amide bonds. The van der Waals surface area contributed by atoms with Gasteiger partial charge in [0.05, 0.1) is 18.7 Å². The van der Waals surface area contributed by atoms with Crippen molar-refractivity contribution >= 4 is 5.97 Å². The minimum absolute atomic E-state index is 0.263. The van der Waals surface area contributed by atoms with Crippen LogP contribution in [0.1, 0.15) is 12.1 Å². The molecule has 72 valence electrons. The highest BCUT2D eigenvalue weighted by molar-refractivity contribution is 5.69. The molecule has 6 nitrogen and oxygen atoms in total.